The van der Waals surface area contributed by atoms with Gasteiger partial charge in [-0.05, 0) is 25.7 Å². The molecule has 1 aliphatic heterocycles. The Hall–Kier alpha value is -0.810. The molecule has 5 heteroatoms. The van der Waals surface area contributed by atoms with Gasteiger partial charge in [-0.3, -0.25) is 0 Å². The van der Waals surface area contributed by atoms with Crippen molar-refractivity contribution in [2.45, 2.75) is 56.6 Å². The van der Waals surface area contributed by atoms with Gasteiger partial charge in [-0.25, -0.2) is 4.79 Å². The average molecular weight is 255 g/mol. The maximum Gasteiger partial charge on any atom is 0.312 e. The van der Waals surface area contributed by atoms with E-state index in [-0.39, 0.29) is 5.60 Å². The Labute approximate surface area is 109 Å². The van der Waals surface area contributed by atoms with Crippen molar-refractivity contribution in [1.29, 1.82) is 0 Å². The molecule has 1 heterocycles. The van der Waals surface area contributed by atoms with E-state index < -0.39 is 6.03 Å². The monoisotopic (exact) mass is 255 g/mol. The quantitative estimate of drug-likeness (QED) is 0.659. The van der Waals surface area contributed by atoms with Crippen LogP contribution in [0.2, 0.25) is 0 Å². The van der Waals surface area contributed by atoms with E-state index in [9.17, 15) is 4.79 Å². The SMILES string of the molecule is NC(=O)NCCNC1CCOC2(CCCCC2)C1. The van der Waals surface area contributed by atoms with Crippen molar-refractivity contribution >= 4 is 6.03 Å². The van der Waals surface area contributed by atoms with Gasteiger partial charge in [0.05, 0.1) is 5.60 Å². The number of primary amides is 1. The van der Waals surface area contributed by atoms with Crippen LogP contribution >= 0.6 is 0 Å². The minimum Gasteiger partial charge on any atom is -0.375 e. The van der Waals surface area contributed by atoms with Crippen LogP contribution in [0.25, 0.3) is 0 Å². The second-order valence-electron chi connectivity index (χ2n) is 5.53. The van der Waals surface area contributed by atoms with E-state index in [0.29, 0.717) is 12.6 Å². The van der Waals surface area contributed by atoms with Crippen LogP contribution in [-0.2, 0) is 4.74 Å². The lowest BCUT2D eigenvalue weighted by molar-refractivity contribution is -0.109. The maximum atomic E-state index is 10.6. The van der Waals surface area contributed by atoms with Crippen LogP contribution in [0.4, 0.5) is 4.79 Å². The summed E-state index contributed by atoms with van der Waals surface area (Å²) in [4.78, 5) is 10.6. The number of urea groups is 1. The Bertz CT molecular complexity index is 272. The molecule has 1 aliphatic carbocycles. The van der Waals surface area contributed by atoms with Gasteiger partial charge in [0.2, 0.25) is 0 Å². The third kappa shape index (κ3) is 3.85. The summed E-state index contributed by atoms with van der Waals surface area (Å²) in [6.45, 7) is 2.24. The number of amides is 2. The van der Waals surface area contributed by atoms with Crippen LogP contribution in [0.3, 0.4) is 0 Å². The molecule has 1 saturated heterocycles. The molecule has 1 unspecified atom stereocenters. The molecule has 1 saturated carbocycles. The highest BCUT2D eigenvalue weighted by Crippen LogP contribution is 2.38. The predicted molar refractivity (Wildman–Crippen MR) is 70.4 cm³/mol. The van der Waals surface area contributed by atoms with Gasteiger partial charge in [0, 0.05) is 25.7 Å². The number of rotatable bonds is 4. The molecular weight excluding hydrogens is 230 g/mol. The van der Waals surface area contributed by atoms with Crippen LogP contribution in [0.15, 0.2) is 0 Å². The fraction of sp³-hybridized carbons (Fsp3) is 0.923. The first-order valence-electron chi connectivity index (χ1n) is 7.11. The Morgan fingerprint density at radius 3 is 2.78 bits per heavy atom. The highest BCUT2D eigenvalue weighted by molar-refractivity contribution is 5.71. The van der Waals surface area contributed by atoms with Gasteiger partial charge in [-0.1, -0.05) is 19.3 Å². The van der Waals surface area contributed by atoms with Gasteiger partial charge in [0.25, 0.3) is 0 Å². The van der Waals surface area contributed by atoms with Crippen molar-refractivity contribution in [3.8, 4) is 0 Å². The van der Waals surface area contributed by atoms with Gasteiger partial charge >= 0.3 is 6.03 Å². The summed E-state index contributed by atoms with van der Waals surface area (Å²) in [5.41, 5.74) is 5.17. The summed E-state index contributed by atoms with van der Waals surface area (Å²) < 4.78 is 6.05. The lowest BCUT2D eigenvalue weighted by Crippen LogP contribution is -2.49. The van der Waals surface area contributed by atoms with E-state index in [2.05, 4.69) is 10.6 Å². The molecule has 104 valence electrons. The van der Waals surface area contributed by atoms with E-state index in [0.717, 1.165) is 26.0 Å². The highest BCUT2D eigenvalue weighted by Gasteiger charge is 2.38. The van der Waals surface area contributed by atoms with Crippen molar-refractivity contribution < 1.29 is 9.53 Å². The van der Waals surface area contributed by atoms with Gasteiger partial charge < -0.3 is 21.1 Å². The predicted octanol–water partition coefficient (Wildman–Crippen LogP) is 1.13. The summed E-state index contributed by atoms with van der Waals surface area (Å²) in [5, 5.41) is 6.10. The van der Waals surface area contributed by atoms with E-state index in [1.807, 2.05) is 0 Å². The van der Waals surface area contributed by atoms with Crippen LogP contribution in [0.1, 0.15) is 44.9 Å². The third-order valence-electron chi connectivity index (χ3n) is 4.11. The topological polar surface area (TPSA) is 76.4 Å². The van der Waals surface area contributed by atoms with Gasteiger partial charge in [0.1, 0.15) is 0 Å². The fourth-order valence-electron chi connectivity index (χ4n) is 3.21. The Balaban J connectivity index is 1.71. The van der Waals surface area contributed by atoms with Crippen molar-refractivity contribution in [2.24, 2.45) is 5.73 Å². The zero-order valence-corrected chi connectivity index (χ0v) is 11.0. The standard InChI is InChI=1S/C13H25N3O2/c14-12(17)16-8-7-15-11-4-9-18-13(10-11)5-2-1-3-6-13/h11,15H,1-10H2,(H3,14,16,17). The summed E-state index contributed by atoms with van der Waals surface area (Å²) in [5.74, 6) is 0. The average Bonchev–Trinajstić information content (AvgIpc) is 2.36. The zero-order valence-electron chi connectivity index (χ0n) is 11.0. The number of nitrogens with one attached hydrogen (secondary N) is 2. The molecule has 2 aliphatic rings. The summed E-state index contributed by atoms with van der Waals surface area (Å²) in [6.07, 6.45) is 8.56. The third-order valence-corrected chi connectivity index (χ3v) is 4.11. The molecule has 5 nitrogen and oxygen atoms in total. The second kappa shape index (κ2) is 6.38. The number of carbonyl (C=O) groups is 1. The van der Waals surface area contributed by atoms with E-state index in [1.165, 1.54) is 32.1 Å². The smallest absolute Gasteiger partial charge is 0.312 e. The largest absolute Gasteiger partial charge is 0.375 e. The molecule has 0 aromatic carbocycles. The Morgan fingerprint density at radius 1 is 1.28 bits per heavy atom. The molecule has 2 rings (SSSR count). The summed E-state index contributed by atoms with van der Waals surface area (Å²) in [7, 11) is 0. The zero-order chi connectivity index (χ0) is 12.8. The fourth-order valence-corrected chi connectivity index (χ4v) is 3.21. The molecule has 0 bridgehead atoms. The van der Waals surface area contributed by atoms with Crippen molar-refractivity contribution in [1.82, 2.24) is 10.6 Å². The molecule has 0 aromatic rings. The minimum atomic E-state index is -0.451. The van der Waals surface area contributed by atoms with Crippen molar-refractivity contribution in [2.75, 3.05) is 19.7 Å². The lowest BCUT2D eigenvalue weighted by Gasteiger charge is -2.43. The van der Waals surface area contributed by atoms with Gasteiger partial charge in [-0.2, -0.15) is 0 Å². The minimum absolute atomic E-state index is 0.144. The Morgan fingerprint density at radius 2 is 2.06 bits per heavy atom. The number of carbonyl (C=O) groups excluding carboxylic acids is 1. The molecule has 18 heavy (non-hydrogen) atoms. The highest BCUT2D eigenvalue weighted by atomic mass is 16.5. The van der Waals surface area contributed by atoms with Crippen LogP contribution in [0.5, 0.6) is 0 Å². The molecule has 1 atom stereocenters. The summed E-state index contributed by atoms with van der Waals surface area (Å²) in [6, 6.07) is 0.0686. The molecule has 4 N–H and O–H groups in total. The van der Waals surface area contributed by atoms with Crippen LogP contribution in [-0.4, -0.2) is 37.4 Å². The van der Waals surface area contributed by atoms with Crippen LogP contribution in [0, 0.1) is 0 Å². The number of hydrogen-bond acceptors (Lipinski definition) is 3. The van der Waals surface area contributed by atoms with Gasteiger partial charge in [-0.15, -0.1) is 0 Å². The maximum absolute atomic E-state index is 10.6. The number of nitrogens with two attached hydrogens (primary N) is 1. The lowest BCUT2D eigenvalue weighted by atomic mass is 9.78. The van der Waals surface area contributed by atoms with E-state index in [4.69, 9.17) is 10.5 Å². The Kier molecular flexibility index (Phi) is 4.83. The normalized spacial score (nSPS) is 27.0. The molecular formula is C13H25N3O2. The number of ether oxygens (including phenoxy) is 1. The molecule has 2 amide bonds. The van der Waals surface area contributed by atoms with Gasteiger partial charge in [0.15, 0.2) is 0 Å². The first-order valence-corrected chi connectivity index (χ1v) is 7.11. The number of hydrogen-bond donors (Lipinski definition) is 3. The molecule has 2 fully saturated rings. The molecule has 0 aromatic heterocycles. The van der Waals surface area contributed by atoms with E-state index in [1.54, 1.807) is 0 Å². The summed E-state index contributed by atoms with van der Waals surface area (Å²) >= 11 is 0. The van der Waals surface area contributed by atoms with E-state index >= 15 is 0 Å². The second-order valence-corrected chi connectivity index (χ2v) is 5.53. The van der Waals surface area contributed by atoms with Crippen molar-refractivity contribution in [3.63, 3.8) is 0 Å². The first kappa shape index (κ1) is 13.6. The molecule has 0 radical (unpaired) electrons. The first-order chi connectivity index (χ1) is 8.70. The van der Waals surface area contributed by atoms with Crippen molar-refractivity contribution in [3.05, 3.63) is 0 Å². The molecule has 1 spiro atoms. The van der Waals surface area contributed by atoms with Crippen LogP contribution < -0.4 is 16.4 Å².